The molecular formula is C15H24N4O2. The fourth-order valence-electron chi connectivity index (χ4n) is 3.38. The lowest BCUT2D eigenvalue weighted by Gasteiger charge is -2.48. The summed E-state index contributed by atoms with van der Waals surface area (Å²) in [7, 11) is 1.83. The number of nitrogens with zero attached hydrogens (tertiary/aromatic N) is 4. The van der Waals surface area contributed by atoms with E-state index in [1.54, 1.807) is 17.1 Å². The Morgan fingerprint density at radius 3 is 2.67 bits per heavy atom. The number of carbonyl (C=O) groups excluding carboxylic acids is 1. The molecule has 3 heterocycles. The number of hydrogen-bond donors (Lipinski definition) is 0. The van der Waals surface area contributed by atoms with Gasteiger partial charge in [-0.3, -0.25) is 14.4 Å². The number of amides is 1. The molecular weight excluding hydrogens is 268 g/mol. The number of hydrogen-bond acceptors (Lipinski definition) is 4. The van der Waals surface area contributed by atoms with Gasteiger partial charge in [-0.2, -0.15) is 5.10 Å². The van der Waals surface area contributed by atoms with Crippen molar-refractivity contribution in [2.75, 3.05) is 32.8 Å². The highest BCUT2D eigenvalue weighted by molar-refractivity contribution is 5.94. The highest BCUT2D eigenvalue weighted by Gasteiger charge is 2.37. The van der Waals surface area contributed by atoms with Crippen molar-refractivity contribution in [1.29, 1.82) is 0 Å². The van der Waals surface area contributed by atoms with Crippen molar-refractivity contribution in [3.63, 3.8) is 0 Å². The Morgan fingerprint density at radius 1 is 1.38 bits per heavy atom. The fourth-order valence-corrected chi connectivity index (χ4v) is 3.38. The average Bonchev–Trinajstić information content (AvgIpc) is 2.89. The molecule has 0 radical (unpaired) electrons. The summed E-state index contributed by atoms with van der Waals surface area (Å²) < 4.78 is 7.12. The molecule has 0 aliphatic carbocycles. The second-order valence-electron chi connectivity index (χ2n) is 5.94. The van der Waals surface area contributed by atoms with Crippen LogP contribution in [0.4, 0.5) is 0 Å². The second kappa shape index (κ2) is 6.15. The number of likely N-dealkylation sites (N-methyl/N-ethyl adjacent to an activating group) is 1. The molecule has 0 saturated carbocycles. The highest BCUT2D eigenvalue weighted by atomic mass is 16.5. The van der Waals surface area contributed by atoms with Crippen molar-refractivity contribution in [3.8, 4) is 0 Å². The molecule has 2 saturated heterocycles. The predicted octanol–water partition coefficient (Wildman–Crippen LogP) is 0.745. The Hall–Kier alpha value is -1.40. The molecule has 2 aliphatic heterocycles. The molecule has 2 aliphatic rings. The van der Waals surface area contributed by atoms with E-state index in [2.05, 4.69) is 16.9 Å². The summed E-state index contributed by atoms with van der Waals surface area (Å²) in [6.07, 6.45) is 5.65. The molecule has 3 rings (SSSR count). The third-order valence-corrected chi connectivity index (χ3v) is 4.60. The van der Waals surface area contributed by atoms with Crippen LogP contribution in [0, 0.1) is 0 Å². The molecule has 1 aromatic heterocycles. The Labute approximate surface area is 125 Å². The van der Waals surface area contributed by atoms with Gasteiger partial charge in [0.15, 0.2) is 0 Å². The Kier molecular flexibility index (Phi) is 4.26. The lowest BCUT2D eigenvalue weighted by molar-refractivity contribution is -0.0222. The van der Waals surface area contributed by atoms with Crippen LogP contribution in [0.3, 0.4) is 0 Å². The van der Waals surface area contributed by atoms with E-state index in [-0.39, 0.29) is 5.91 Å². The number of carbonyl (C=O) groups is 1. The van der Waals surface area contributed by atoms with E-state index in [4.69, 9.17) is 4.74 Å². The minimum Gasteiger partial charge on any atom is -0.381 e. The van der Waals surface area contributed by atoms with Gasteiger partial charge in [0.05, 0.1) is 11.8 Å². The SMILES string of the molecule is CCN(C1CCOCC1)C1CN(C(=O)c2cnn(C)c2)C1. The number of likely N-dealkylation sites (tertiary alicyclic amines) is 1. The molecule has 21 heavy (non-hydrogen) atoms. The largest absolute Gasteiger partial charge is 0.381 e. The van der Waals surface area contributed by atoms with Gasteiger partial charge in [-0.05, 0) is 19.4 Å². The number of aromatic nitrogens is 2. The van der Waals surface area contributed by atoms with Gasteiger partial charge in [-0.25, -0.2) is 0 Å². The summed E-state index contributed by atoms with van der Waals surface area (Å²) in [5.74, 6) is 0.0994. The third-order valence-electron chi connectivity index (χ3n) is 4.60. The first-order chi connectivity index (χ1) is 10.2. The average molecular weight is 292 g/mol. The predicted molar refractivity (Wildman–Crippen MR) is 79.1 cm³/mol. The summed E-state index contributed by atoms with van der Waals surface area (Å²) in [5, 5.41) is 4.07. The first kappa shape index (κ1) is 14.5. The maximum atomic E-state index is 12.3. The van der Waals surface area contributed by atoms with Crippen LogP contribution in [0.1, 0.15) is 30.1 Å². The van der Waals surface area contributed by atoms with E-state index < -0.39 is 0 Å². The molecule has 2 fully saturated rings. The lowest BCUT2D eigenvalue weighted by atomic mass is 9.99. The zero-order valence-corrected chi connectivity index (χ0v) is 12.9. The van der Waals surface area contributed by atoms with Crippen LogP contribution in [0.15, 0.2) is 12.4 Å². The summed E-state index contributed by atoms with van der Waals surface area (Å²) in [6, 6.07) is 1.11. The van der Waals surface area contributed by atoms with Crippen molar-refractivity contribution in [2.45, 2.75) is 31.8 Å². The van der Waals surface area contributed by atoms with Gasteiger partial charge in [0.25, 0.3) is 5.91 Å². The number of rotatable bonds is 4. The molecule has 0 aromatic carbocycles. The molecule has 0 unspecified atom stereocenters. The second-order valence-corrected chi connectivity index (χ2v) is 5.94. The smallest absolute Gasteiger partial charge is 0.257 e. The van der Waals surface area contributed by atoms with Crippen molar-refractivity contribution in [2.24, 2.45) is 7.05 Å². The summed E-state index contributed by atoms with van der Waals surface area (Å²) in [4.78, 5) is 16.8. The third kappa shape index (κ3) is 2.96. The van der Waals surface area contributed by atoms with E-state index in [1.165, 1.54) is 0 Å². The van der Waals surface area contributed by atoms with E-state index in [0.717, 1.165) is 45.7 Å². The Balaban J connectivity index is 1.55. The molecule has 0 N–H and O–H groups in total. The molecule has 116 valence electrons. The number of ether oxygens (including phenoxy) is 1. The zero-order valence-electron chi connectivity index (χ0n) is 12.9. The first-order valence-corrected chi connectivity index (χ1v) is 7.80. The van der Waals surface area contributed by atoms with Crippen LogP contribution >= 0.6 is 0 Å². The van der Waals surface area contributed by atoms with Crippen LogP contribution in [0.5, 0.6) is 0 Å². The van der Waals surface area contributed by atoms with Gasteiger partial charge in [-0.1, -0.05) is 6.92 Å². The maximum Gasteiger partial charge on any atom is 0.257 e. The molecule has 0 spiro atoms. The minimum atomic E-state index is 0.0994. The Morgan fingerprint density at radius 2 is 2.10 bits per heavy atom. The van der Waals surface area contributed by atoms with Crippen LogP contribution in [-0.2, 0) is 11.8 Å². The highest BCUT2D eigenvalue weighted by Crippen LogP contribution is 2.23. The molecule has 1 amide bonds. The summed E-state index contributed by atoms with van der Waals surface area (Å²) in [6.45, 7) is 6.65. The normalized spacial score (nSPS) is 20.8. The van der Waals surface area contributed by atoms with Crippen LogP contribution < -0.4 is 0 Å². The maximum absolute atomic E-state index is 12.3. The van der Waals surface area contributed by atoms with E-state index in [1.807, 2.05) is 11.9 Å². The zero-order chi connectivity index (χ0) is 14.8. The van der Waals surface area contributed by atoms with Crippen molar-refractivity contribution >= 4 is 5.91 Å². The van der Waals surface area contributed by atoms with Gasteiger partial charge in [-0.15, -0.1) is 0 Å². The van der Waals surface area contributed by atoms with Gasteiger partial charge < -0.3 is 9.64 Å². The molecule has 0 bridgehead atoms. The quantitative estimate of drug-likeness (QED) is 0.821. The van der Waals surface area contributed by atoms with Crippen LogP contribution in [0.25, 0.3) is 0 Å². The van der Waals surface area contributed by atoms with Gasteiger partial charge >= 0.3 is 0 Å². The monoisotopic (exact) mass is 292 g/mol. The summed E-state index contributed by atoms with van der Waals surface area (Å²) >= 11 is 0. The van der Waals surface area contributed by atoms with Gasteiger partial charge in [0, 0.05) is 51.6 Å². The molecule has 0 atom stereocenters. The topological polar surface area (TPSA) is 50.6 Å². The van der Waals surface area contributed by atoms with Gasteiger partial charge in [0.2, 0.25) is 0 Å². The van der Waals surface area contributed by atoms with Crippen molar-refractivity contribution < 1.29 is 9.53 Å². The first-order valence-electron chi connectivity index (χ1n) is 7.80. The fraction of sp³-hybridized carbons (Fsp3) is 0.733. The summed E-state index contributed by atoms with van der Waals surface area (Å²) in [5.41, 5.74) is 0.685. The van der Waals surface area contributed by atoms with E-state index in [0.29, 0.717) is 17.6 Å². The van der Waals surface area contributed by atoms with Crippen LogP contribution in [-0.4, -0.2) is 70.4 Å². The van der Waals surface area contributed by atoms with Crippen LogP contribution in [0.2, 0.25) is 0 Å². The number of aryl methyl sites for hydroxylation is 1. The van der Waals surface area contributed by atoms with Crippen molar-refractivity contribution in [1.82, 2.24) is 19.6 Å². The minimum absolute atomic E-state index is 0.0994. The lowest BCUT2D eigenvalue weighted by Crippen LogP contribution is -2.63. The molecule has 6 nitrogen and oxygen atoms in total. The van der Waals surface area contributed by atoms with E-state index >= 15 is 0 Å². The van der Waals surface area contributed by atoms with Crippen molar-refractivity contribution in [3.05, 3.63) is 18.0 Å². The molecule has 6 heteroatoms. The van der Waals surface area contributed by atoms with E-state index in [9.17, 15) is 4.79 Å². The van der Waals surface area contributed by atoms with Gasteiger partial charge in [0.1, 0.15) is 0 Å². The molecule has 1 aromatic rings. The Bertz CT molecular complexity index is 490. The standard InChI is InChI=1S/C15H24N4O2/c1-3-19(13-4-6-21-7-5-13)14-10-18(11-14)15(20)12-8-16-17(2)9-12/h8-9,13-14H,3-7,10-11H2,1-2H3.